The molecule has 0 atom stereocenters. The molecular formula is C47H28N2OS. The second-order valence-electron chi connectivity index (χ2n) is 13.2. The monoisotopic (exact) mass is 668 g/mol. The predicted molar refractivity (Wildman–Crippen MR) is 215 cm³/mol. The number of nitrogens with zero attached hydrogens (tertiary/aromatic N) is 2. The van der Waals surface area contributed by atoms with Crippen LogP contribution < -0.4 is 0 Å². The van der Waals surface area contributed by atoms with E-state index >= 15 is 0 Å². The number of pyridine rings is 1. The Kier molecular flexibility index (Phi) is 6.12. The number of benzene rings is 7. The third kappa shape index (κ3) is 4.47. The van der Waals surface area contributed by atoms with E-state index in [0.29, 0.717) is 0 Å². The lowest BCUT2D eigenvalue weighted by Crippen LogP contribution is -1.93. The van der Waals surface area contributed by atoms with Gasteiger partial charge in [0.2, 0.25) is 0 Å². The third-order valence-electron chi connectivity index (χ3n) is 10.3. The fourth-order valence-electron chi connectivity index (χ4n) is 7.82. The van der Waals surface area contributed by atoms with E-state index in [-0.39, 0.29) is 0 Å². The zero-order valence-electron chi connectivity index (χ0n) is 27.4. The Morgan fingerprint density at radius 1 is 0.412 bits per heavy atom. The Balaban J connectivity index is 1.10. The molecule has 11 aromatic rings. The summed E-state index contributed by atoms with van der Waals surface area (Å²) in [6.45, 7) is 0. The van der Waals surface area contributed by atoms with Crippen LogP contribution in [0.3, 0.4) is 0 Å². The fraction of sp³-hybridized carbons (Fsp3) is 0. The van der Waals surface area contributed by atoms with E-state index in [2.05, 4.69) is 155 Å². The van der Waals surface area contributed by atoms with E-state index in [9.17, 15) is 0 Å². The Bertz CT molecular complexity index is 3150. The van der Waals surface area contributed by atoms with Crippen LogP contribution in [0.25, 0.3) is 103 Å². The first-order chi connectivity index (χ1) is 25.2. The largest absolute Gasteiger partial charge is 0.456 e. The van der Waals surface area contributed by atoms with Crippen LogP contribution in [0.2, 0.25) is 0 Å². The SMILES string of the molecule is c1ccc(-c2ccc3c(c2)c2cc(-c4cccc(-c5ccc6oc7ccccc7c6c5)c4)ccc2n3-c2ccc3sc4ccncc4c3c2)cc1. The molecule has 0 spiro atoms. The highest BCUT2D eigenvalue weighted by Gasteiger charge is 2.17. The number of thiophene rings is 1. The summed E-state index contributed by atoms with van der Waals surface area (Å²) in [6, 6.07) is 57.1. The van der Waals surface area contributed by atoms with Gasteiger partial charge in [-0.2, -0.15) is 0 Å². The summed E-state index contributed by atoms with van der Waals surface area (Å²) in [4.78, 5) is 4.45. The number of hydrogen-bond donors (Lipinski definition) is 0. The van der Waals surface area contributed by atoms with E-state index in [0.717, 1.165) is 27.6 Å². The zero-order valence-corrected chi connectivity index (χ0v) is 28.2. The van der Waals surface area contributed by atoms with Gasteiger partial charge in [0.05, 0.1) is 11.0 Å². The minimum atomic E-state index is 0.913. The van der Waals surface area contributed by atoms with Gasteiger partial charge in [-0.15, -0.1) is 11.3 Å². The molecule has 51 heavy (non-hydrogen) atoms. The molecular weight excluding hydrogens is 641 g/mol. The minimum Gasteiger partial charge on any atom is -0.456 e. The molecule has 7 aromatic carbocycles. The number of hydrogen-bond acceptors (Lipinski definition) is 3. The van der Waals surface area contributed by atoms with Crippen molar-refractivity contribution in [3.8, 4) is 39.1 Å². The number of aromatic nitrogens is 2. The molecule has 0 saturated heterocycles. The Hall–Kier alpha value is -6.49. The quantitative estimate of drug-likeness (QED) is 0.187. The van der Waals surface area contributed by atoms with Crippen molar-refractivity contribution in [3.05, 3.63) is 170 Å². The van der Waals surface area contributed by atoms with E-state index < -0.39 is 0 Å². The average molecular weight is 669 g/mol. The van der Waals surface area contributed by atoms with Crippen molar-refractivity contribution in [3.63, 3.8) is 0 Å². The van der Waals surface area contributed by atoms with Crippen LogP contribution in [0.1, 0.15) is 0 Å². The second kappa shape index (κ2) is 11.0. The van der Waals surface area contributed by atoms with Crippen molar-refractivity contribution >= 4 is 75.3 Å². The van der Waals surface area contributed by atoms with E-state index in [1.165, 1.54) is 75.4 Å². The Labute approximate surface area is 297 Å². The van der Waals surface area contributed by atoms with Gasteiger partial charge in [-0.25, -0.2) is 0 Å². The number of fused-ring (bicyclic) bond motifs is 9. The number of para-hydroxylation sites is 1. The van der Waals surface area contributed by atoms with Crippen LogP contribution in [0.15, 0.2) is 175 Å². The third-order valence-corrected chi connectivity index (χ3v) is 11.4. The van der Waals surface area contributed by atoms with E-state index in [1.807, 2.05) is 35.9 Å². The predicted octanol–water partition coefficient (Wildman–Crippen LogP) is 13.4. The summed E-state index contributed by atoms with van der Waals surface area (Å²) >= 11 is 1.82. The van der Waals surface area contributed by atoms with Crippen LogP contribution in [0.4, 0.5) is 0 Å². The van der Waals surface area contributed by atoms with Gasteiger partial charge >= 0.3 is 0 Å². The number of rotatable bonds is 4. The first-order valence-corrected chi connectivity index (χ1v) is 18.0. The normalized spacial score (nSPS) is 11.9. The summed E-state index contributed by atoms with van der Waals surface area (Å²) in [5, 5.41) is 7.19. The van der Waals surface area contributed by atoms with E-state index in [1.54, 1.807) is 0 Å². The van der Waals surface area contributed by atoms with Gasteiger partial charge in [-0.1, -0.05) is 84.9 Å². The highest BCUT2D eigenvalue weighted by molar-refractivity contribution is 7.25. The lowest BCUT2D eigenvalue weighted by atomic mass is 9.96. The van der Waals surface area contributed by atoms with Crippen LogP contribution in [-0.2, 0) is 0 Å². The summed E-state index contributed by atoms with van der Waals surface area (Å²) in [6.07, 6.45) is 3.87. The molecule has 0 aliphatic heterocycles. The van der Waals surface area contributed by atoms with Gasteiger partial charge in [0.15, 0.2) is 0 Å². The lowest BCUT2D eigenvalue weighted by molar-refractivity contribution is 0.669. The van der Waals surface area contributed by atoms with Crippen molar-refractivity contribution < 1.29 is 4.42 Å². The topological polar surface area (TPSA) is 31.0 Å². The summed E-state index contributed by atoms with van der Waals surface area (Å²) in [7, 11) is 0. The van der Waals surface area contributed by atoms with Gasteiger partial charge in [0.25, 0.3) is 0 Å². The molecule has 11 rings (SSSR count). The van der Waals surface area contributed by atoms with Crippen LogP contribution in [0.5, 0.6) is 0 Å². The van der Waals surface area contributed by atoms with Gasteiger partial charge < -0.3 is 8.98 Å². The minimum absolute atomic E-state index is 0.913. The van der Waals surface area contributed by atoms with Crippen molar-refractivity contribution in [2.45, 2.75) is 0 Å². The zero-order chi connectivity index (χ0) is 33.5. The Morgan fingerprint density at radius 2 is 1.04 bits per heavy atom. The van der Waals surface area contributed by atoms with Crippen LogP contribution in [-0.4, -0.2) is 9.55 Å². The molecule has 0 amide bonds. The Morgan fingerprint density at radius 3 is 1.84 bits per heavy atom. The molecule has 4 aromatic heterocycles. The summed E-state index contributed by atoms with van der Waals surface area (Å²) < 4.78 is 11.1. The van der Waals surface area contributed by atoms with E-state index in [4.69, 9.17) is 4.42 Å². The lowest BCUT2D eigenvalue weighted by Gasteiger charge is -2.10. The van der Waals surface area contributed by atoms with Crippen LogP contribution in [0, 0.1) is 0 Å². The fourth-order valence-corrected chi connectivity index (χ4v) is 8.88. The molecule has 4 heterocycles. The number of furan rings is 1. The van der Waals surface area contributed by atoms with Gasteiger partial charge in [0, 0.05) is 59.8 Å². The molecule has 4 heteroatoms. The molecule has 0 radical (unpaired) electrons. The van der Waals surface area contributed by atoms with Crippen molar-refractivity contribution in [2.75, 3.05) is 0 Å². The van der Waals surface area contributed by atoms with Crippen molar-refractivity contribution in [1.82, 2.24) is 9.55 Å². The molecule has 0 saturated carbocycles. The molecule has 0 aliphatic rings. The van der Waals surface area contributed by atoms with Crippen molar-refractivity contribution in [2.24, 2.45) is 0 Å². The highest BCUT2D eigenvalue weighted by Crippen LogP contribution is 2.40. The van der Waals surface area contributed by atoms with Crippen LogP contribution >= 0.6 is 11.3 Å². The molecule has 0 N–H and O–H groups in total. The average Bonchev–Trinajstić information content (AvgIpc) is 3.86. The van der Waals surface area contributed by atoms with Gasteiger partial charge in [0.1, 0.15) is 11.2 Å². The molecule has 3 nitrogen and oxygen atoms in total. The first-order valence-electron chi connectivity index (χ1n) is 17.2. The van der Waals surface area contributed by atoms with Gasteiger partial charge in [-0.3, -0.25) is 4.98 Å². The second-order valence-corrected chi connectivity index (χ2v) is 14.3. The maximum Gasteiger partial charge on any atom is 0.135 e. The maximum atomic E-state index is 6.11. The molecule has 0 unspecified atom stereocenters. The first kappa shape index (κ1) is 28.4. The standard InChI is InChI=1S/C47H28N2OS/c1-2-7-29(8-3-1)32-13-17-42-37(24-32)38-25-33(14-18-43(38)49(42)35-16-20-46-40(27-35)41-28-48-22-21-47(41)51-46)30-9-6-10-31(23-30)34-15-19-45-39(26-34)36-11-4-5-12-44(36)50-45/h1-28H. The van der Waals surface area contributed by atoms with Crippen molar-refractivity contribution in [1.29, 1.82) is 0 Å². The van der Waals surface area contributed by atoms with Gasteiger partial charge in [-0.05, 0) is 106 Å². The molecule has 238 valence electrons. The summed E-state index contributed by atoms with van der Waals surface area (Å²) in [5.41, 5.74) is 12.5. The smallest absolute Gasteiger partial charge is 0.135 e. The highest BCUT2D eigenvalue weighted by atomic mass is 32.1. The molecule has 0 bridgehead atoms. The molecule has 0 aliphatic carbocycles. The summed E-state index contributed by atoms with van der Waals surface area (Å²) in [5.74, 6) is 0. The molecule has 0 fully saturated rings. The maximum absolute atomic E-state index is 6.11.